The second-order valence-electron chi connectivity index (χ2n) is 7.02. The summed E-state index contributed by atoms with van der Waals surface area (Å²) in [4.78, 5) is 13.0. The average Bonchev–Trinajstić information content (AvgIpc) is 2.80. The Morgan fingerprint density at radius 1 is 1.19 bits per heavy atom. The number of aromatic nitrogens is 3. The van der Waals surface area contributed by atoms with Crippen molar-refractivity contribution in [2.45, 2.75) is 17.9 Å². The van der Waals surface area contributed by atoms with E-state index < -0.39 is 16.1 Å². The quantitative estimate of drug-likeness (QED) is 0.622. The van der Waals surface area contributed by atoms with E-state index in [1.54, 1.807) is 50.0 Å². The summed E-state index contributed by atoms with van der Waals surface area (Å²) < 4.78 is 38.9. The lowest BCUT2D eigenvalue weighted by Crippen LogP contribution is -2.42. The van der Waals surface area contributed by atoms with E-state index in [0.717, 1.165) is 5.56 Å². The Morgan fingerprint density at radius 3 is 2.81 bits per heavy atom. The monoisotopic (exact) mass is 441 g/mol. The highest BCUT2D eigenvalue weighted by atomic mass is 32.2. The van der Waals surface area contributed by atoms with Crippen molar-refractivity contribution >= 4 is 21.7 Å². The van der Waals surface area contributed by atoms with Crippen LogP contribution in [0, 0.1) is 6.92 Å². The molecule has 1 aromatic carbocycles. The summed E-state index contributed by atoms with van der Waals surface area (Å²) in [7, 11) is -2.11. The molecule has 0 spiro atoms. The first-order valence-electron chi connectivity index (χ1n) is 9.74. The Bertz CT molecular complexity index is 1160. The van der Waals surface area contributed by atoms with E-state index in [-0.39, 0.29) is 24.6 Å². The van der Waals surface area contributed by atoms with Crippen molar-refractivity contribution in [3.05, 3.63) is 66.2 Å². The van der Waals surface area contributed by atoms with Crippen LogP contribution in [0.2, 0.25) is 0 Å². The number of morpholine rings is 1. The molecule has 0 saturated carbocycles. The smallest absolute Gasteiger partial charge is 0.243 e. The van der Waals surface area contributed by atoms with E-state index in [1.807, 2.05) is 19.1 Å². The Kier molecular flexibility index (Phi) is 6.12. The number of ether oxygens (including phenoxy) is 2. The number of nitrogens with zero attached hydrogens (tertiary/aromatic N) is 4. The average molecular weight is 442 g/mol. The molecule has 1 atom stereocenters. The first-order valence-corrected chi connectivity index (χ1v) is 11.2. The predicted octanol–water partition coefficient (Wildman–Crippen LogP) is 2.69. The number of benzene rings is 1. The maximum absolute atomic E-state index is 13.2. The Balaban J connectivity index is 1.53. The van der Waals surface area contributed by atoms with E-state index in [0.29, 0.717) is 23.1 Å². The minimum absolute atomic E-state index is 0.176. The summed E-state index contributed by atoms with van der Waals surface area (Å²) in [6.45, 7) is 2.55. The van der Waals surface area contributed by atoms with Crippen LogP contribution in [-0.2, 0) is 14.8 Å². The molecule has 0 unspecified atom stereocenters. The van der Waals surface area contributed by atoms with Gasteiger partial charge in [-0.25, -0.2) is 18.4 Å². The minimum Gasteiger partial charge on any atom is -0.496 e. The largest absolute Gasteiger partial charge is 0.496 e. The number of hydrogen-bond donors (Lipinski definition) is 1. The van der Waals surface area contributed by atoms with Gasteiger partial charge in [-0.2, -0.15) is 4.31 Å². The lowest BCUT2D eigenvalue weighted by molar-refractivity contribution is -0.00486. The lowest BCUT2D eigenvalue weighted by Gasteiger charge is -2.32. The fourth-order valence-electron chi connectivity index (χ4n) is 3.38. The summed E-state index contributed by atoms with van der Waals surface area (Å²) in [5, 5.41) is 3.08. The molecule has 162 valence electrons. The molecule has 1 N–H and O–H groups in total. The molecule has 1 aliphatic rings. The second kappa shape index (κ2) is 8.96. The highest BCUT2D eigenvalue weighted by Crippen LogP contribution is 2.28. The van der Waals surface area contributed by atoms with Crippen molar-refractivity contribution < 1.29 is 17.9 Å². The van der Waals surface area contributed by atoms with Crippen molar-refractivity contribution in [3.8, 4) is 5.75 Å². The molecule has 1 fully saturated rings. The zero-order valence-electron chi connectivity index (χ0n) is 17.2. The summed E-state index contributed by atoms with van der Waals surface area (Å²) in [6.07, 6.45) is 4.28. The molecule has 1 saturated heterocycles. The molecular formula is C21H23N5O4S. The molecule has 31 heavy (non-hydrogen) atoms. The van der Waals surface area contributed by atoms with Gasteiger partial charge in [0.05, 0.1) is 30.5 Å². The third-order valence-corrected chi connectivity index (χ3v) is 6.81. The molecule has 4 rings (SSSR count). The van der Waals surface area contributed by atoms with Crippen LogP contribution < -0.4 is 10.1 Å². The van der Waals surface area contributed by atoms with Gasteiger partial charge in [-0.1, -0.05) is 6.07 Å². The van der Waals surface area contributed by atoms with Gasteiger partial charge < -0.3 is 14.8 Å². The zero-order valence-corrected chi connectivity index (χ0v) is 18.0. The highest BCUT2D eigenvalue weighted by Gasteiger charge is 2.32. The first-order chi connectivity index (χ1) is 15.0. The van der Waals surface area contributed by atoms with Crippen molar-refractivity contribution in [2.75, 3.05) is 32.1 Å². The normalized spacial score (nSPS) is 17.3. The van der Waals surface area contributed by atoms with Crippen LogP contribution >= 0.6 is 0 Å². The van der Waals surface area contributed by atoms with Gasteiger partial charge in [0.15, 0.2) is 0 Å². The molecule has 0 radical (unpaired) electrons. The standard InChI is InChI=1S/C21H23N5O4S/c1-15-12-16(6-7-18(15)29-2)31(27,28)26-10-11-30-19(14-26)17-4-3-5-20(24-17)25-21-13-22-8-9-23-21/h3-9,12-13,19H,10-11,14H2,1-2H3,(H,23,24,25)/t19-/m0/s1. The summed E-state index contributed by atoms with van der Waals surface area (Å²) in [5.74, 6) is 1.79. The molecule has 10 heteroatoms. The maximum atomic E-state index is 13.2. The lowest BCUT2D eigenvalue weighted by atomic mass is 10.2. The SMILES string of the molecule is COc1ccc(S(=O)(=O)N2CCO[C@H](c3cccc(Nc4cnccn4)n3)C2)cc1C. The zero-order chi connectivity index (χ0) is 21.8. The van der Waals surface area contributed by atoms with Crippen molar-refractivity contribution in [3.63, 3.8) is 0 Å². The van der Waals surface area contributed by atoms with Gasteiger partial charge in [0.2, 0.25) is 10.0 Å². The third-order valence-electron chi connectivity index (χ3n) is 4.95. The van der Waals surface area contributed by atoms with Gasteiger partial charge in [-0.15, -0.1) is 0 Å². The van der Waals surface area contributed by atoms with Crippen molar-refractivity contribution in [2.24, 2.45) is 0 Å². The number of sulfonamides is 1. The molecule has 0 amide bonds. The van der Waals surface area contributed by atoms with Crippen LogP contribution in [-0.4, -0.2) is 54.5 Å². The summed E-state index contributed by atoms with van der Waals surface area (Å²) in [6, 6.07) is 10.3. The van der Waals surface area contributed by atoms with Crippen LogP contribution in [0.3, 0.4) is 0 Å². The Labute approximate surface area is 181 Å². The van der Waals surface area contributed by atoms with E-state index >= 15 is 0 Å². The van der Waals surface area contributed by atoms with Crippen LogP contribution in [0.5, 0.6) is 5.75 Å². The van der Waals surface area contributed by atoms with Crippen LogP contribution in [0.4, 0.5) is 11.6 Å². The number of pyridine rings is 1. The summed E-state index contributed by atoms with van der Waals surface area (Å²) >= 11 is 0. The van der Waals surface area contributed by atoms with Gasteiger partial charge in [-0.05, 0) is 42.8 Å². The minimum atomic E-state index is -3.67. The number of nitrogens with one attached hydrogen (secondary N) is 1. The molecule has 2 aromatic heterocycles. The fourth-order valence-corrected chi connectivity index (χ4v) is 4.89. The predicted molar refractivity (Wildman–Crippen MR) is 115 cm³/mol. The number of anilines is 2. The van der Waals surface area contributed by atoms with E-state index in [9.17, 15) is 8.42 Å². The summed E-state index contributed by atoms with van der Waals surface area (Å²) in [5.41, 5.74) is 1.40. The van der Waals surface area contributed by atoms with E-state index in [4.69, 9.17) is 9.47 Å². The van der Waals surface area contributed by atoms with Gasteiger partial charge in [0.25, 0.3) is 0 Å². The topological polar surface area (TPSA) is 107 Å². The highest BCUT2D eigenvalue weighted by molar-refractivity contribution is 7.89. The van der Waals surface area contributed by atoms with Gasteiger partial charge >= 0.3 is 0 Å². The van der Waals surface area contributed by atoms with Crippen molar-refractivity contribution in [1.29, 1.82) is 0 Å². The second-order valence-corrected chi connectivity index (χ2v) is 8.96. The van der Waals surface area contributed by atoms with Crippen LogP contribution in [0.1, 0.15) is 17.4 Å². The molecule has 0 bridgehead atoms. The number of hydrogen-bond acceptors (Lipinski definition) is 8. The first kappa shape index (κ1) is 21.2. The maximum Gasteiger partial charge on any atom is 0.243 e. The van der Waals surface area contributed by atoms with Crippen LogP contribution in [0.15, 0.2) is 59.9 Å². The number of rotatable bonds is 6. The number of methoxy groups -OCH3 is 1. The number of aryl methyl sites for hydroxylation is 1. The molecule has 9 nitrogen and oxygen atoms in total. The van der Waals surface area contributed by atoms with E-state index in [1.165, 1.54) is 4.31 Å². The molecule has 1 aliphatic heterocycles. The Morgan fingerprint density at radius 2 is 2.06 bits per heavy atom. The van der Waals surface area contributed by atoms with Gasteiger partial charge in [-0.3, -0.25) is 4.98 Å². The van der Waals surface area contributed by atoms with Gasteiger partial charge in [0, 0.05) is 25.5 Å². The third kappa shape index (κ3) is 4.66. The fraction of sp³-hybridized carbons (Fsp3) is 0.286. The molecule has 0 aliphatic carbocycles. The molecule has 3 aromatic rings. The van der Waals surface area contributed by atoms with E-state index in [2.05, 4.69) is 20.3 Å². The van der Waals surface area contributed by atoms with Gasteiger partial charge in [0.1, 0.15) is 23.5 Å². The van der Waals surface area contributed by atoms with Crippen molar-refractivity contribution in [1.82, 2.24) is 19.3 Å². The van der Waals surface area contributed by atoms with Crippen LogP contribution in [0.25, 0.3) is 0 Å². The molecular weight excluding hydrogens is 418 g/mol. The molecule has 3 heterocycles. The Hall–Kier alpha value is -3.08.